The maximum absolute atomic E-state index is 11.9. The molecule has 112 valence electrons. The van der Waals surface area contributed by atoms with Crippen molar-refractivity contribution >= 4 is 34.3 Å². The highest BCUT2D eigenvalue weighted by Crippen LogP contribution is 2.24. The number of nitrogens with zero attached hydrogens (tertiary/aromatic N) is 2. The molecule has 1 aliphatic rings. The van der Waals surface area contributed by atoms with Crippen molar-refractivity contribution in [3.05, 3.63) is 52.5 Å². The summed E-state index contributed by atoms with van der Waals surface area (Å²) in [6, 6.07) is 7.48. The summed E-state index contributed by atoms with van der Waals surface area (Å²) in [5.74, 6) is -0.366. The highest BCUT2D eigenvalue weighted by molar-refractivity contribution is 8.15. The number of dihydropyridines is 1. The van der Waals surface area contributed by atoms with Crippen LogP contribution in [0.3, 0.4) is 0 Å². The lowest BCUT2D eigenvalue weighted by Gasteiger charge is -2.12. The molecule has 1 heterocycles. The molecule has 0 saturated carbocycles. The van der Waals surface area contributed by atoms with E-state index in [9.17, 15) is 9.59 Å². The Labute approximate surface area is 133 Å². The van der Waals surface area contributed by atoms with Gasteiger partial charge in [0.05, 0.1) is 12.3 Å². The molecule has 2 amide bonds. The number of anilines is 1. The fourth-order valence-corrected chi connectivity index (χ4v) is 2.77. The minimum atomic E-state index is -0.272. The molecule has 0 unspecified atom stereocenters. The van der Waals surface area contributed by atoms with Gasteiger partial charge in [0.1, 0.15) is 5.04 Å². The van der Waals surface area contributed by atoms with Crippen LogP contribution < -0.4 is 5.32 Å². The number of nitrogens with one attached hydrogen (secondary N) is 1. The Morgan fingerprint density at radius 2 is 2.05 bits per heavy atom. The third-order valence-electron chi connectivity index (χ3n) is 3.04. The molecular weight excluding hydrogens is 298 g/mol. The van der Waals surface area contributed by atoms with E-state index in [2.05, 4.69) is 15.2 Å². The van der Waals surface area contributed by atoms with Crippen molar-refractivity contribution in [1.29, 1.82) is 0 Å². The van der Waals surface area contributed by atoms with E-state index in [1.807, 2.05) is 31.2 Å². The van der Waals surface area contributed by atoms with Gasteiger partial charge in [0.25, 0.3) is 0 Å². The molecule has 0 radical (unpaired) electrons. The molecule has 0 fully saturated rings. The lowest BCUT2D eigenvalue weighted by Crippen LogP contribution is -2.17. The molecular formula is C16H15N3O2S. The van der Waals surface area contributed by atoms with Crippen molar-refractivity contribution in [2.75, 3.05) is 11.1 Å². The third-order valence-corrected chi connectivity index (χ3v) is 4.00. The van der Waals surface area contributed by atoms with E-state index in [1.165, 1.54) is 0 Å². The zero-order chi connectivity index (χ0) is 16.1. The number of hydrogen-bond donors (Lipinski definition) is 1. The standard InChI is InChI=1S/C16H15N3O2S/c1-10-4-6-12(7-5-10)18-14(21)9-22-16-15(17-3)11(2)8-13(20)19-16/h4-7H,8-9H2,1-2H3,(H,18,21). The maximum Gasteiger partial charge on any atom is 0.248 e. The van der Waals surface area contributed by atoms with Crippen molar-refractivity contribution in [1.82, 2.24) is 0 Å². The summed E-state index contributed by atoms with van der Waals surface area (Å²) in [7, 11) is 0. The number of amides is 2. The number of carbonyl (C=O) groups excluding carboxylic acids is 2. The van der Waals surface area contributed by atoms with Gasteiger partial charge in [-0.15, -0.1) is 11.8 Å². The second kappa shape index (κ2) is 7.05. The summed E-state index contributed by atoms with van der Waals surface area (Å²) in [6.07, 6.45) is 0.178. The van der Waals surface area contributed by atoms with Crippen LogP contribution in [0.15, 0.2) is 40.5 Å². The first kappa shape index (κ1) is 16.0. The summed E-state index contributed by atoms with van der Waals surface area (Å²) in [5, 5.41) is 3.11. The summed E-state index contributed by atoms with van der Waals surface area (Å²) < 4.78 is 0. The molecule has 0 bridgehead atoms. The van der Waals surface area contributed by atoms with Crippen LogP contribution in [-0.2, 0) is 9.59 Å². The van der Waals surface area contributed by atoms with Crippen molar-refractivity contribution in [3.8, 4) is 0 Å². The topological polar surface area (TPSA) is 62.9 Å². The fraction of sp³-hybridized carbons (Fsp3) is 0.250. The van der Waals surface area contributed by atoms with Gasteiger partial charge in [0.15, 0.2) is 0 Å². The molecule has 0 aliphatic carbocycles. The average molecular weight is 313 g/mol. The van der Waals surface area contributed by atoms with E-state index in [0.717, 1.165) is 23.0 Å². The van der Waals surface area contributed by atoms with Crippen LogP contribution in [0.5, 0.6) is 0 Å². The molecule has 2 rings (SSSR count). The summed E-state index contributed by atoms with van der Waals surface area (Å²) >= 11 is 1.11. The number of hydrogen-bond acceptors (Lipinski definition) is 3. The molecule has 1 aliphatic heterocycles. The van der Waals surface area contributed by atoms with Gasteiger partial charge in [-0.2, -0.15) is 0 Å². The quantitative estimate of drug-likeness (QED) is 0.872. The van der Waals surface area contributed by atoms with Crippen molar-refractivity contribution in [2.24, 2.45) is 4.99 Å². The van der Waals surface area contributed by atoms with E-state index in [1.54, 1.807) is 6.92 Å². The van der Waals surface area contributed by atoms with Crippen LogP contribution in [0.1, 0.15) is 18.9 Å². The van der Waals surface area contributed by atoms with E-state index < -0.39 is 0 Å². The van der Waals surface area contributed by atoms with E-state index in [4.69, 9.17) is 6.57 Å². The zero-order valence-corrected chi connectivity index (χ0v) is 13.2. The first-order chi connectivity index (χ1) is 10.5. The van der Waals surface area contributed by atoms with Crippen LogP contribution in [-0.4, -0.2) is 22.6 Å². The number of benzene rings is 1. The molecule has 22 heavy (non-hydrogen) atoms. The average Bonchev–Trinajstić information content (AvgIpc) is 2.47. The lowest BCUT2D eigenvalue weighted by molar-refractivity contribution is -0.117. The van der Waals surface area contributed by atoms with Gasteiger partial charge in [0.2, 0.25) is 17.5 Å². The molecule has 0 aromatic heterocycles. The third kappa shape index (κ3) is 4.06. The molecule has 1 aromatic rings. The molecule has 1 aromatic carbocycles. The van der Waals surface area contributed by atoms with Crippen LogP contribution in [0.4, 0.5) is 5.69 Å². The molecule has 0 spiro atoms. The van der Waals surface area contributed by atoms with Gasteiger partial charge >= 0.3 is 0 Å². The first-order valence-corrected chi connectivity index (χ1v) is 7.66. The number of carbonyl (C=O) groups is 2. The van der Waals surface area contributed by atoms with E-state index in [0.29, 0.717) is 16.3 Å². The molecule has 0 atom stereocenters. The maximum atomic E-state index is 11.9. The number of aliphatic imine (C=N–C) groups is 1. The van der Waals surface area contributed by atoms with Gasteiger partial charge < -0.3 is 5.32 Å². The highest BCUT2D eigenvalue weighted by atomic mass is 32.2. The van der Waals surface area contributed by atoms with Crippen molar-refractivity contribution in [2.45, 2.75) is 20.3 Å². The van der Waals surface area contributed by atoms with Gasteiger partial charge in [0, 0.05) is 12.1 Å². The molecule has 6 heteroatoms. The molecule has 0 saturated heterocycles. The Bertz CT molecular complexity index is 712. The summed E-state index contributed by atoms with van der Waals surface area (Å²) in [5.41, 5.74) is 2.92. The minimum absolute atomic E-state index is 0.103. The van der Waals surface area contributed by atoms with Crippen LogP contribution >= 0.6 is 11.8 Å². The first-order valence-electron chi connectivity index (χ1n) is 6.68. The Morgan fingerprint density at radius 3 is 2.68 bits per heavy atom. The Morgan fingerprint density at radius 1 is 1.36 bits per heavy atom. The number of aryl methyl sites for hydroxylation is 1. The highest BCUT2D eigenvalue weighted by Gasteiger charge is 2.21. The predicted octanol–water partition coefficient (Wildman–Crippen LogP) is 3.19. The summed E-state index contributed by atoms with van der Waals surface area (Å²) in [6.45, 7) is 10.9. The molecule has 1 N–H and O–H groups in total. The SMILES string of the molecule is [C-]#[N+]C1=C(C)CC(=O)N=C1SCC(=O)Nc1ccc(C)cc1. The second-order valence-corrected chi connectivity index (χ2v) is 5.90. The predicted molar refractivity (Wildman–Crippen MR) is 88.6 cm³/mol. The van der Waals surface area contributed by atoms with Gasteiger partial charge in [-0.1, -0.05) is 30.2 Å². The zero-order valence-electron chi connectivity index (χ0n) is 12.3. The Kier molecular flexibility index (Phi) is 5.12. The lowest BCUT2D eigenvalue weighted by atomic mass is 10.1. The second-order valence-electron chi connectivity index (χ2n) is 4.93. The van der Waals surface area contributed by atoms with E-state index >= 15 is 0 Å². The summed E-state index contributed by atoms with van der Waals surface area (Å²) in [4.78, 5) is 30.7. The largest absolute Gasteiger partial charge is 0.325 e. The Hall–Kier alpha value is -2.39. The Balaban J connectivity index is 1.97. The normalized spacial score (nSPS) is 14.4. The monoisotopic (exact) mass is 313 g/mol. The van der Waals surface area contributed by atoms with Gasteiger partial charge in [-0.05, 0) is 19.1 Å². The number of rotatable bonds is 3. The van der Waals surface area contributed by atoms with Crippen LogP contribution in [0.2, 0.25) is 0 Å². The number of thioether (sulfide) groups is 1. The smallest absolute Gasteiger partial charge is 0.248 e. The molecule has 5 nitrogen and oxygen atoms in total. The van der Waals surface area contributed by atoms with Gasteiger partial charge in [-0.25, -0.2) is 9.84 Å². The van der Waals surface area contributed by atoms with E-state index in [-0.39, 0.29) is 24.0 Å². The van der Waals surface area contributed by atoms with Crippen molar-refractivity contribution < 1.29 is 9.59 Å². The van der Waals surface area contributed by atoms with Crippen molar-refractivity contribution in [3.63, 3.8) is 0 Å². The van der Waals surface area contributed by atoms with Crippen LogP contribution in [0, 0.1) is 13.5 Å². The van der Waals surface area contributed by atoms with Gasteiger partial charge in [-0.3, -0.25) is 9.59 Å². The fourth-order valence-electron chi connectivity index (χ4n) is 1.91. The van der Waals surface area contributed by atoms with Crippen LogP contribution in [0.25, 0.3) is 4.85 Å². The minimum Gasteiger partial charge on any atom is -0.325 e.